The molecule has 0 bridgehead atoms. The molecule has 3 rings (SSSR count). The molecule has 2 aromatic heterocycles. The summed E-state index contributed by atoms with van der Waals surface area (Å²) in [4.78, 5) is 4.13. The largest absolute Gasteiger partial charge is 0.379 e. The van der Waals surface area contributed by atoms with Gasteiger partial charge in [0, 0.05) is 18.3 Å². The number of anilines is 1. The summed E-state index contributed by atoms with van der Waals surface area (Å²) < 4.78 is 1.74. The smallest absolute Gasteiger partial charge is 0.155 e. The van der Waals surface area contributed by atoms with Gasteiger partial charge in [-0.05, 0) is 12.1 Å². The first-order valence-corrected chi connectivity index (χ1v) is 5.86. The maximum Gasteiger partial charge on any atom is 0.155 e. The average Bonchev–Trinajstić information content (AvgIpc) is 3.08. The Labute approximate surface area is 109 Å². The predicted molar refractivity (Wildman–Crippen MR) is 70.1 cm³/mol. The van der Waals surface area contributed by atoms with E-state index >= 15 is 0 Å². The van der Waals surface area contributed by atoms with Crippen molar-refractivity contribution in [3.63, 3.8) is 0 Å². The molecule has 0 amide bonds. The van der Waals surface area contributed by atoms with E-state index in [9.17, 15) is 0 Å². The van der Waals surface area contributed by atoms with E-state index in [2.05, 4.69) is 30.8 Å². The zero-order valence-electron chi connectivity index (χ0n) is 10.4. The summed E-state index contributed by atoms with van der Waals surface area (Å²) in [6.45, 7) is 0.670. The molecular weight excluding hydrogens is 242 g/mol. The van der Waals surface area contributed by atoms with Crippen LogP contribution in [0, 0.1) is 0 Å². The van der Waals surface area contributed by atoms with Crippen LogP contribution in [0.15, 0.2) is 36.8 Å². The summed E-state index contributed by atoms with van der Waals surface area (Å²) >= 11 is 0. The van der Waals surface area contributed by atoms with E-state index in [1.54, 1.807) is 10.9 Å². The van der Waals surface area contributed by atoms with Crippen LogP contribution >= 0.6 is 0 Å². The molecule has 96 valence electrons. The Morgan fingerprint density at radius 2 is 2.32 bits per heavy atom. The lowest BCUT2D eigenvalue weighted by molar-refractivity contribution is 0.683. The molecule has 0 saturated carbocycles. The molecule has 0 radical (unpaired) electrons. The number of benzene rings is 1. The lowest BCUT2D eigenvalue weighted by Crippen LogP contribution is -2.05. The number of H-pyrrole nitrogens is 1. The Balaban J connectivity index is 1.75. The highest BCUT2D eigenvalue weighted by Gasteiger charge is 2.03. The number of hydrogen-bond acceptors (Lipinski definition) is 5. The molecule has 2 N–H and O–H groups in total. The van der Waals surface area contributed by atoms with E-state index in [4.69, 9.17) is 0 Å². The predicted octanol–water partition coefficient (Wildman–Crippen LogP) is 1.21. The number of aryl methyl sites for hydroxylation is 1. The van der Waals surface area contributed by atoms with Crippen LogP contribution in [0.5, 0.6) is 0 Å². The summed E-state index contributed by atoms with van der Waals surface area (Å²) in [6.07, 6.45) is 3.24. The van der Waals surface area contributed by atoms with Gasteiger partial charge in [0.05, 0.1) is 18.4 Å². The highest BCUT2D eigenvalue weighted by atomic mass is 15.4. The van der Waals surface area contributed by atoms with Crippen molar-refractivity contribution in [1.29, 1.82) is 0 Å². The van der Waals surface area contributed by atoms with Gasteiger partial charge < -0.3 is 5.32 Å². The Morgan fingerprint density at radius 1 is 1.37 bits per heavy atom. The van der Waals surface area contributed by atoms with Gasteiger partial charge >= 0.3 is 0 Å². The van der Waals surface area contributed by atoms with Crippen LogP contribution in [0.25, 0.3) is 11.4 Å². The molecule has 0 aliphatic rings. The van der Waals surface area contributed by atoms with Crippen LogP contribution in [-0.4, -0.2) is 30.2 Å². The fourth-order valence-electron chi connectivity index (χ4n) is 1.78. The molecule has 2 heterocycles. The van der Waals surface area contributed by atoms with Gasteiger partial charge in [0.1, 0.15) is 6.33 Å². The van der Waals surface area contributed by atoms with Crippen LogP contribution in [0.3, 0.4) is 0 Å². The lowest BCUT2D eigenvalue weighted by atomic mass is 10.2. The van der Waals surface area contributed by atoms with Crippen molar-refractivity contribution >= 4 is 5.69 Å². The second-order valence-corrected chi connectivity index (χ2v) is 4.12. The van der Waals surface area contributed by atoms with Crippen molar-refractivity contribution in [3.05, 3.63) is 42.5 Å². The first-order valence-electron chi connectivity index (χ1n) is 5.86. The average molecular weight is 255 g/mol. The third-order valence-corrected chi connectivity index (χ3v) is 2.83. The fourth-order valence-corrected chi connectivity index (χ4v) is 1.78. The van der Waals surface area contributed by atoms with Crippen molar-refractivity contribution in [2.45, 2.75) is 6.54 Å². The number of aromatic nitrogens is 6. The molecule has 1 aromatic carbocycles. The standard InChI is InChI=1S/C12H13N7/c1-19-11(7-15-18-19)6-13-10-4-2-3-9(5-10)12-14-8-16-17-12/h2-5,7-8,13H,6H2,1H3,(H,14,16,17). The molecule has 7 heteroatoms. The Morgan fingerprint density at radius 3 is 3.05 bits per heavy atom. The van der Waals surface area contributed by atoms with Gasteiger partial charge in [-0.2, -0.15) is 5.10 Å². The van der Waals surface area contributed by atoms with Gasteiger partial charge in [-0.15, -0.1) is 5.10 Å². The van der Waals surface area contributed by atoms with Gasteiger partial charge in [0.2, 0.25) is 0 Å². The van der Waals surface area contributed by atoms with E-state index in [0.717, 1.165) is 22.8 Å². The third kappa shape index (κ3) is 2.44. The maximum absolute atomic E-state index is 4.13. The van der Waals surface area contributed by atoms with Crippen LogP contribution in [0.1, 0.15) is 5.69 Å². The molecule has 3 aromatic rings. The highest BCUT2D eigenvalue weighted by Crippen LogP contribution is 2.18. The van der Waals surface area contributed by atoms with Crippen molar-refractivity contribution < 1.29 is 0 Å². The van der Waals surface area contributed by atoms with Gasteiger partial charge in [-0.3, -0.25) is 9.78 Å². The summed E-state index contributed by atoms with van der Waals surface area (Å²) in [6, 6.07) is 7.98. The molecule has 0 atom stereocenters. The molecule has 0 fully saturated rings. The van der Waals surface area contributed by atoms with E-state index in [1.807, 2.05) is 31.3 Å². The first kappa shape index (κ1) is 11.4. The van der Waals surface area contributed by atoms with Crippen LogP contribution in [0.2, 0.25) is 0 Å². The van der Waals surface area contributed by atoms with E-state index in [-0.39, 0.29) is 0 Å². The van der Waals surface area contributed by atoms with Gasteiger partial charge in [-0.25, -0.2) is 4.98 Å². The minimum atomic E-state index is 0.670. The number of aromatic amines is 1. The van der Waals surface area contributed by atoms with Crippen LogP contribution in [0.4, 0.5) is 5.69 Å². The number of nitrogens with zero attached hydrogens (tertiary/aromatic N) is 5. The number of rotatable bonds is 4. The van der Waals surface area contributed by atoms with Crippen LogP contribution in [-0.2, 0) is 13.6 Å². The summed E-state index contributed by atoms with van der Waals surface area (Å²) in [5, 5.41) is 17.8. The Hall–Kier alpha value is -2.70. The quantitative estimate of drug-likeness (QED) is 0.732. The van der Waals surface area contributed by atoms with E-state index in [0.29, 0.717) is 6.54 Å². The first-order chi connectivity index (χ1) is 9.33. The monoisotopic (exact) mass is 255 g/mol. The topological polar surface area (TPSA) is 84.3 Å². The van der Waals surface area contributed by atoms with Crippen molar-refractivity contribution in [1.82, 2.24) is 30.2 Å². The molecule has 19 heavy (non-hydrogen) atoms. The lowest BCUT2D eigenvalue weighted by Gasteiger charge is -2.07. The second kappa shape index (κ2) is 4.89. The third-order valence-electron chi connectivity index (χ3n) is 2.83. The normalized spacial score (nSPS) is 10.6. The minimum absolute atomic E-state index is 0.670. The van der Waals surface area contributed by atoms with Crippen molar-refractivity contribution in [2.75, 3.05) is 5.32 Å². The molecule has 7 nitrogen and oxygen atoms in total. The number of nitrogens with one attached hydrogen (secondary N) is 2. The fraction of sp³-hybridized carbons (Fsp3) is 0.167. The molecule has 0 aliphatic heterocycles. The summed E-state index contributed by atoms with van der Waals surface area (Å²) in [5.74, 6) is 0.755. The molecule has 0 unspecified atom stereocenters. The maximum atomic E-state index is 4.13. The minimum Gasteiger partial charge on any atom is -0.379 e. The molecule has 0 spiro atoms. The van der Waals surface area contributed by atoms with Gasteiger partial charge in [-0.1, -0.05) is 17.3 Å². The zero-order chi connectivity index (χ0) is 13.1. The van der Waals surface area contributed by atoms with E-state index in [1.165, 1.54) is 6.33 Å². The summed E-state index contributed by atoms with van der Waals surface area (Å²) in [7, 11) is 1.87. The number of hydrogen-bond donors (Lipinski definition) is 2. The Bertz CT molecular complexity index is 656. The molecule has 0 aliphatic carbocycles. The van der Waals surface area contributed by atoms with Crippen LogP contribution < -0.4 is 5.32 Å². The van der Waals surface area contributed by atoms with Gasteiger partial charge in [0.25, 0.3) is 0 Å². The Kier molecular flexibility index (Phi) is 2.93. The SMILES string of the molecule is Cn1nncc1CNc1cccc(-c2ncn[nH]2)c1. The second-order valence-electron chi connectivity index (χ2n) is 4.12. The molecular formula is C12H13N7. The summed E-state index contributed by atoms with van der Waals surface area (Å²) in [5.41, 5.74) is 3.02. The van der Waals surface area contributed by atoms with Gasteiger partial charge in [0.15, 0.2) is 5.82 Å². The van der Waals surface area contributed by atoms with Crippen molar-refractivity contribution in [2.24, 2.45) is 7.05 Å². The van der Waals surface area contributed by atoms with Crippen molar-refractivity contribution in [3.8, 4) is 11.4 Å². The molecule has 0 saturated heterocycles. The zero-order valence-corrected chi connectivity index (χ0v) is 10.4. The van der Waals surface area contributed by atoms with E-state index < -0.39 is 0 Å². The highest BCUT2D eigenvalue weighted by molar-refractivity contribution is 5.61.